The lowest BCUT2D eigenvalue weighted by molar-refractivity contribution is 1.04. The summed E-state index contributed by atoms with van der Waals surface area (Å²) < 4.78 is 4.53. The summed E-state index contributed by atoms with van der Waals surface area (Å²) in [5.74, 6) is 0.698. The topological polar surface area (TPSA) is 25.8 Å². The molecule has 0 N–H and O–H groups in total. The molecule has 0 saturated heterocycles. The zero-order valence-electron chi connectivity index (χ0n) is 7.38. The molecule has 1 aromatic carbocycles. The highest BCUT2D eigenvalue weighted by atomic mass is 35.5. The first-order chi connectivity index (χ1) is 7.15. The Labute approximate surface area is 106 Å². The van der Waals surface area contributed by atoms with Crippen LogP contribution in [0.3, 0.4) is 0 Å². The Hall–Kier alpha value is -0.350. The first kappa shape index (κ1) is 11.1. The number of benzene rings is 1. The molecule has 0 unspecified atom stereocenters. The van der Waals surface area contributed by atoms with Crippen LogP contribution in [0.4, 0.5) is 0 Å². The Balaban J connectivity index is 2.21. The fraction of sp³-hybridized carbons (Fsp3) is 0.111. The SMILES string of the molecule is Clc1nc(Cc2ccc(Cl)c(Cl)c2)ns1. The maximum absolute atomic E-state index is 5.89. The molecule has 0 aliphatic carbocycles. The standard InChI is InChI=1S/C9H5Cl3N2S/c10-6-2-1-5(3-7(6)11)4-8-13-9(12)15-14-8/h1-3H,4H2. The molecule has 0 spiro atoms. The quantitative estimate of drug-likeness (QED) is 0.827. The number of aromatic nitrogens is 2. The van der Waals surface area contributed by atoms with Crippen molar-refractivity contribution in [3.63, 3.8) is 0 Å². The van der Waals surface area contributed by atoms with E-state index in [0.717, 1.165) is 5.56 Å². The van der Waals surface area contributed by atoms with Crippen LogP contribution in [0.15, 0.2) is 18.2 Å². The van der Waals surface area contributed by atoms with Crippen LogP contribution < -0.4 is 0 Å². The van der Waals surface area contributed by atoms with Crippen molar-refractivity contribution in [1.82, 2.24) is 9.36 Å². The van der Waals surface area contributed by atoms with Gasteiger partial charge in [0, 0.05) is 6.42 Å². The van der Waals surface area contributed by atoms with Crippen molar-refractivity contribution >= 4 is 46.3 Å². The Kier molecular flexibility index (Phi) is 3.46. The summed E-state index contributed by atoms with van der Waals surface area (Å²) in [7, 11) is 0. The van der Waals surface area contributed by atoms with Crippen molar-refractivity contribution < 1.29 is 0 Å². The minimum atomic E-state index is 0.449. The predicted octanol–water partition coefficient (Wildman–Crippen LogP) is 4.09. The van der Waals surface area contributed by atoms with Gasteiger partial charge in [0.15, 0.2) is 0 Å². The second kappa shape index (κ2) is 4.66. The molecule has 0 fully saturated rings. The second-order valence-corrected chi connectivity index (χ2v) is 5.04. The summed E-state index contributed by atoms with van der Waals surface area (Å²) in [5.41, 5.74) is 1.01. The van der Waals surface area contributed by atoms with Gasteiger partial charge >= 0.3 is 0 Å². The smallest absolute Gasteiger partial charge is 0.203 e. The molecule has 78 valence electrons. The number of rotatable bonds is 2. The summed E-state index contributed by atoms with van der Waals surface area (Å²) in [6.07, 6.45) is 0.611. The van der Waals surface area contributed by atoms with Crippen LogP contribution >= 0.6 is 46.3 Å². The highest BCUT2D eigenvalue weighted by Gasteiger charge is 2.05. The summed E-state index contributed by atoms with van der Waals surface area (Å²) >= 11 is 18.6. The van der Waals surface area contributed by atoms with Crippen LogP contribution in [-0.4, -0.2) is 9.36 Å². The van der Waals surface area contributed by atoms with Crippen LogP contribution in [0.2, 0.25) is 14.5 Å². The van der Waals surface area contributed by atoms with Crippen LogP contribution in [0.1, 0.15) is 11.4 Å². The van der Waals surface area contributed by atoms with Gasteiger partial charge in [-0.3, -0.25) is 0 Å². The Morgan fingerprint density at radius 1 is 1.13 bits per heavy atom. The van der Waals surface area contributed by atoms with Crippen LogP contribution in [0, 0.1) is 0 Å². The van der Waals surface area contributed by atoms with E-state index >= 15 is 0 Å². The van der Waals surface area contributed by atoms with Crippen LogP contribution in [-0.2, 0) is 6.42 Å². The van der Waals surface area contributed by atoms with Gasteiger partial charge in [-0.05, 0) is 40.8 Å². The van der Waals surface area contributed by atoms with E-state index in [1.54, 1.807) is 12.1 Å². The Morgan fingerprint density at radius 3 is 2.53 bits per heavy atom. The van der Waals surface area contributed by atoms with Crippen molar-refractivity contribution in [2.45, 2.75) is 6.42 Å². The first-order valence-electron chi connectivity index (χ1n) is 4.07. The van der Waals surface area contributed by atoms with E-state index in [0.29, 0.717) is 26.8 Å². The third kappa shape index (κ3) is 2.82. The molecule has 1 heterocycles. The van der Waals surface area contributed by atoms with E-state index < -0.39 is 0 Å². The average molecular weight is 280 g/mol. The molecule has 6 heteroatoms. The Morgan fingerprint density at radius 2 is 1.93 bits per heavy atom. The van der Waals surface area contributed by atoms with E-state index in [2.05, 4.69) is 9.36 Å². The van der Waals surface area contributed by atoms with E-state index in [1.165, 1.54) is 11.5 Å². The zero-order valence-corrected chi connectivity index (χ0v) is 10.5. The molecule has 0 bridgehead atoms. The molecular formula is C9H5Cl3N2S. The van der Waals surface area contributed by atoms with Gasteiger partial charge in [-0.15, -0.1) is 0 Å². The van der Waals surface area contributed by atoms with Crippen molar-refractivity contribution in [2.24, 2.45) is 0 Å². The highest BCUT2D eigenvalue weighted by molar-refractivity contribution is 7.10. The van der Waals surface area contributed by atoms with Gasteiger partial charge in [0.1, 0.15) is 5.82 Å². The van der Waals surface area contributed by atoms with Gasteiger partial charge in [0.05, 0.1) is 10.0 Å². The van der Waals surface area contributed by atoms with Gasteiger partial charge < -0.3 is 0 Å². The molecule has 1 aromatic heterocycles. The zero-order chi connectivity index (χ0) is 10.8. The molecule has 0 radical (unpaired) electrons. The molecule has 0 saturated carbocycles. The lowest BCUT2D eigenvalue weighted by Gasteiger charge is -1.99. The maximum Gasteiger partial charge on any atom is 0.203 e. The molecular weight excluding hydrogens is 275 g/mol. The molecule has 15 heavy (non-hydrogen) atoms. The van der Waals surface area contributed by atoms with Crippen molar-refractivity contribution in [2.75, 3.05) is 0 Å². The second-order valence-electron chi connectivity index (χ2n) is 2.89. The molecule has 0 aliphatic heterocycles. The average Bonchev–Trinajstić information content (AvgIpc) is 2.58. The lowest BCUT2D eigenvalue weighted by atomic mass is 10.1. The van der Waals surface area contributed by atoms with Crippen molar-refractivity contribution in [3.8, 4) is 0 Å². The van der Waals surface area contributed by atoms with Gasteiger partial charge in [-0.25, -0.2) is 4.98 Å². The fourth-order valence-corrected chi connectivity index (χ4v) is 2.09. The largest absolute Gasteiger partial charge is 0.208 e. The normalized spacial score (nSPS) is 10.6. The van der Waals surface area contributed by atoms with Crippen molar-refractivity contribution in [1.29, 1.82) is 0 Å². The fourth-order valence-electron chi connectivity index (χ4n) is 1.14. The number of halogens is 3. The van der Waals surface area contributed by atoms with Gasteiger partial charge in [0.2, 0.25) is 4.47 Å². The molecule has 0 atom stereocenters. The molecule has 0 amide bonds. The Bertz CT molecular complexity index is 484. The summed E-state index contributed by atoms with van der Waals surface area (Å²) in [6.45, 7) is 0. The van der Waals surface area contributed by atoms with Crippen LogP contribution in [0.5, 0.6) is 0 Å². The van der Waals surface area contributed by atoms with Crippen LogP contribution in [0.25, 0.3) is 0 Å². The van der Waals surface area contributed by atoms with E-state index in [9.17, 15) is 0 Å². The summed E-state index contributed by atoms with van der Waals surface area (Å²) in [6, 6.07) is 5.45. The minimum Gasteiger partial charge on any atom is -0.208 e. The molecule has 2 rings (SSSR count). The molecule has 2 aromatic rings. The lowest BCUT2D eigenvalue weighted by Crippen LogP contribution is -1.90. The van der Waals surface area contributed by atoms with E-state index in [-0.39, 0.29) is 0 Å². The highest BCUT2D eigenvalue weighted by Crippen LogP contribution is 2.23. The van der Waals surface area contributed by atoms with Gasteiger partial charge in [-0.2, -0.15) is 4.37 Å². The van der Waals surface area contributed by atoms with E-state index in [4.69, 9.17) is 34.8 Å². The number of nitrogens with zero attached hydrogens (tertiary/aromatic N) is 2. The minimum absolute atomic E-state index is 0.449. The molecule has 2 nitrogen and oxygen atoms in total. The summed E-state index contributed by atoms with van der Waals surface area (Å²) in [5, 5.41) is 1.08. The van der Waals surface area contributed by atoms with Gasteiger partial charge in [0.25, 0.3) is 0 Å². The number of hydrogen-bond acceptors (Lipinski definition) is 3. The monoisotopic (exact) mass is 278 g/mol. The first-order valence-corrected chi connectivity index (χ1v) is 5.98. The van der Waals surface area contributed by atoms with Crippen molar-refractivity contribution in [3.05, 3.63) is 44.1 Å². The van der Waals surface area contributed by atoms with E-state index in [1.807, 2.05) is 6.07 Å². The third-order valence-corrected chi connectivity index (χ3v) is 3.36. The van der Waals surface area contributed by atoms with Gasteiger partial charge in [-0.1, -0.05) is 29.3 Å². The number of hydrogen-bond donors (Lipinski definition) is 0. The summed E-state index contributed by atoms with van der Waals surface area (Å²) in [4.78, 5) is 4.05. The third-order valence-electron chi connectivity index (χ3n) is 1.79. The maximum atomic E-state index is 5.89. The molecule has 0 aliphatic rings. The predicted molar refractivity (Wildman–Crippen MR) is 64.2 cm³/mol.